The lowest BCUT2D eigenvalue weighted by Gasteiger charge is -2.65. The van der Waals surface area contributed by atoms with Crippen molar-refractivity contribution < 1.29 is 18.3 Å². The number of halogens is 2. The minimum absolute atomic E-state index is 0.0518. The van der Waals surface area contributed by atoms with Gasteiger partial charge in [-0.15, -0.1) is 0 Å². The average Bonchev–Trinajstić information content (AvgIpc) is 2.19. The van der Waals surface area contributed by atoms with Gasteiger partial charge in [0, 0.05) is 12.3 Å². The second-order valence-corrected chi connectivity index (χ2v) is 8.59. The highest BCUT2D eigenvalue weighted by Gasteiger charge is 2.60. The average molecular weight is 286 g/mol. The summed E-state index contributed by atoms with van der Waals surface area (Å²) in [5.41, 5.74) is 0.578. The molecule has 0 radical (unpaired) electrons. The van der Waals surface area contributed by atoms with Gasteiger partial charge in [-0.3, -0.25) is 0 Å². The molecular weight excluding hydrogens is 262 g/mol. The molecule has 4 rings (SSSR count). The third-order valence-corrected chi connectivity index (χ3v) is 5.61. The lowest BCUT2D eigenvalue weighted by Crippen LogP contribution is -2.56. The topological polar surface area (TPSA) is 26.3 Å². The molecule has 114 valence electrons. The van der Waals surface area contributed by atoms with Crippen molar-refractivity contribution >= 4 is 5.97 Å². The Bertz CT molecular complexity index is 422. The van der Waals surface area contributed by atoms with Crippen molar-refractivity contribution in [2.75, 3.05) is 6.61 Å². The van der Waals surface area contributed by atoms with E-state index in [0.717, 1.165) is 19.3 Å². The number of ether oxygens (including phenoxy) is 1. The van der Waals surface area contributed by atoms with E-state index in [4.69, 9.17) is 4.74 Å². The van der Waals surface area contributed by atoms with Crippen LogP contribution in [0.1, 0.15) is 59.3 Å². The fourth-order valence-corrected chi connectivity index (χ4v) is 6.19. The summed E-state index contributed by atoms with van der Waals surface area (Å²) in [6, 6.07) is 0. The molecule has 2 nitrogen and oxygen atoms in total. The van der Waals surface area contributed by atoms with Crippen molar-refractivity contribution in [3.8, 4) is 0 Å². The molecule has 0 aromatic carbocycles. The van der Waals surface area contributed by atoms with Gasteiger partial charge in [0.05, 0.1) is 6.61 Å². The fourth-order valence-electron chi connectivity index (χ4n) is 6.19. The zero-order chi connectivity index (χ0) is 14.8. The molecule has 4 fully saturated rings. The summed E-state index contributed by atoms with van der Waals surface area (Å²) in [5.74, 6) is -4.07. The van der Waals surface area contributed by atoms with Gasteiger partial charge in [-0.2, -0.15) is 8.78 Å². The Labute approximate surface area is 119 Å². The molecule has 0 spiro atoms. The number of esters is 1. The maximum atomic E-state index is 13.0. The van der Waals surface area contributed by atoms with Gasteiger partial charge in [0.25, 0.3) is 0 Å². The van der Waals surface area contributed by atoms with E-state index in [2.05, 4.69) is 13.8 Å². The predicted octanol–water partition coefficient (Wildman–Crippen LogP) is 4.18. The first kappa shape index (κ1) is 14.3. The Morgan fingerprint density at radius 3 is 2.15 bits per heavy atom. The Morgan fingerprint density at radius 2 is 1.70 bits per heavy atom. The number of hydrogen-bond acceptors (Lipinski definition) is 2. The van der Waals surface area contributed by atoms with Gasteiger partial charge in [0.15, 0.2) is 0 Å². The maximum absolute atomic E-state index is 13.0. The van der Waals surface area contributed by atoms with E-state index in [0.29, 0.717) is 23.7 Å². The highest BCUT2D eigenvalue weighted by Crippen LogP contribution is 2.69. The van der Waals surface area contributed by atoms with Crippen molar-refractivity contribution in [3.05, 3.63) is 0 Å². The van der Waals surface area contributed by atoms with E-state index in [1.54, 1.807) is 0 Å². The van der Waals surface area contributed by atoms with Crippen LogP contribution in [0.2, 0.25) is 0 Å². The molecule has 4 aliphatic rings. The lowest BCUT2D eigenvalue weighted by molar-refractivity contribution is -0.192. The van der Waals surface area contributed by atoms with Crippen LogP contribution in [-0.2, 0) is 9.53 Å². The molecule has 4 aliphatic carbocycles. The minimum atomic E-state index is -3.38. The van der Waals surface area contributed by atoms with E-state index in [1.165, 1.54) is 19.3 Å². The molecule has 4 heteroatoms. The molecule has 0 saturated heterocycles. The largest absolute Gasteiger partial charge is 0.461 e. The Hall–Kier alpha value is -0.670. The number of hydrogen-bond donors (Lipinski definition) is 0. The van der Waals surface area contributed by atoms with Crippen LogP contribution < -0.4 is 0 Å². The molecular formula is C16H24F2O2. The third kappa shape index (κ3) is 2.35. The molecule has 0 heterocycles. The summed E-state index contributed by atoms with van der Waals surface area (Å²) in [5, 5.41) is 0. The van der Waals surface area contributed by atoms with Crippen LogP contribution in [0.25, 0.3) is 0 Å². The van der Waals surface area contributed by atoms with Crippen LogP contribution in [-0.4, -0.2) is 18.5 Å². The first-order valence-corrected chi connectivity index (χ1v) is 7.59. The van der Waals surface area contributed by atoms with Gasteiger partial charge in [-0.05, 0) is 55.3 Å². The molecule has 4 saturated carbocycles. The van der Waals surface area contributed by atoms with Crippen LogP contribution in [0.15, 0.2) is 0 Å². The summed E-state index contributed by atoms with van der Waals surface area (Å²) >= 11 is 0. The van der Waals surface area contributed by atoms with E-state index in [-0.39, 0.29) is 12.0 Å². The van der Waals surface area contributed by atoms with Crippen molar-refractivity contribution in [2.24, 2.45) is 22.2 Å². The maximum Gasteiger partial charge on any atom is 0.376 e. The third-order valence-electron chi connectivity index (χ3n) is 5.61. The summed E-state index contributed by atoms with van der Waals surface area (Å²) < 4.78 is 30.9. The lowest BCUT2D eigenvalue weighted by atomic mass is 9.40. The van der Waals surface area contributed by atoms with Gasteiger partial charge in [0.1, 0.15) is 0 Å². The van der Waals surface area contributed by atoms with Crippen LogP contribution in [0.3, 0.4) is 0 Å². The molecule has 4 bridgehead atoms. The van der Waals surface area contributed by atoms with Crippen molar-refractivity contribution in [1.82, 2.24) is 0 Å². The van der Waals surface area contributed by atoms with Crippen molar-refractivity contribution in [1.29, 1.82) is 0 Å². The van der Waals surface area contributed by atoms with E-state index in [9.17, 15) is 13.6 Å². The number of alkyl halides is 2. The summed E-state index contributed by atoms with van der Waals surface area (Å²) in [6.45, 7) is 5.43. The van der Waals surface area contributed by atoms with Crippen LogP contribution in [0.4, 0.5) is 8.78 Å². The molecule has 0 N–H and O–H groups in total. The fraction of sp³-hybridized carbons (Fsp3) is 0.938. The van der Waals surface area contributed by atoms with Crippen LogP contribution in [0.5, 0.6) is 0 Å². The first-order valence-electron chi connectivity index (χ1n) is 7.59. The van der Waals surface area contributed by atoms with E-state index < -0.39 is 11.9 Å². The molecule has 0 aromatic rings. The molecule has 2 unspecified atom stereocenters. The smallest absolute Gasteiger partial charge is 0.376 e. The minimum Gasteiger partial charge on any atom is -0.461 e. The summed E-state index contributed by atoms with van der Waals surface area (Å²) in [4.78, 5) is 11.3. The zero-order valence-corrected chi connectivity index (χ0v) is 12.6. The Morgan fingerprint density at radius 1 is 1.15 bits per heavy atom. The Balaban J connectivity index is 1.75. The highest BCUT2D eigenvalue weighted by molar-refractivity contribution is 5.76. The van der Waals surface area contributed by atoms with Gasteiger partial charge in [-0.1, -0.05) is 13.8 Å². The van der Waals surface area contributed by atoms with Gasteiger partial charge in [0.2, 0.25) is 0 Å². The van der Waals surface area contributed by atoms with E-state index >= 15 is 0 Å². The molecule has 0 amide bonds. The number of carbonyl (C=O) groups excluding carboxylic acids is 1. The second-order valence-electron chi connectivity index (χ2n) is 8.59. The van der Waals surface area contributed by atoms with Crippen LogP contribution in [0, 0.1) is 22.2 Å². The quantitative estimate of drug-likeness (QED) is 0.727. The Kier molecular flexibility index (Phi) is 2.82. The first-order chi connectivity index (χ1) is 9.03. The second kappa shape index (κ2) is 3.95. The molecule has 0 aromatic heterocycles. The van der Waals surface area contributed by atoms with E-state index in [1.807, 2.05) is 0 Å². The predicted molar refractivity (Wildman–Crippen MR) is 71.4 cm³/mol. The molecule has 20 heavy (non-hydrogen) atoms. The van der Waals surface area contributed by atoms with Gasteiger partial charge in [-0.25, -0.2) is 4.79 Å². The van der Waals surface area contributed by atoms with Crippen LogP contribution >= 0.6 is 0 Å². The van der Waals surface area contributed by atoms with Crippen molar-refractivity contribution in [2.45, 2.75) is 65.2 Å². The SMILES string of the molecule is CC12CC3CC(C)(C1)CC(COC(=O)C(C)(F)F)(C3)C2. The highest BCUT2D eigenvalue weighted by atomic mass is 19.3. The standard InChI is InChI=1S/C16H24F2O2/c1-13-4-11-5-14(2,7-13)9-16(6-11,8-13)10-20-12(19)15(3,17)18/h11H,4-10H2,1-3H3. The normalized spacial score (nSPS) is 46.5. The number of rotatable bonds is 3. The van der Waals surface area contributed by atoms with Gasteiger partial charge >= 0.3 is 11.9 Å². The number of carbonyl (C=O) groups is 1. The summed E-state index contributed by atoms with van der Waals surface area (Å²) in [7, 11) is 0. The monoisotopic (exact) mass is 286 g/mol. The summed E-state index contributed by atoms with van der Waals surface area (Å²) in [6.07, 6.45) is 6.82. The zero-order valence-electron chi connectivity index (χ0n) is 12.6. The van der Waals surface area contributed by atoms with Crippen molar-refractivity contribution in [3.63, 3.8) is 0 Å². The molecule has 0 aliphatic heterocycles. The van der Waals surface area contributed by atoms with Gasteiger partial charge < -0.3 is 4.74 Å². The molecule has 2 atom stereocenters.